The molecule has 0 unspecified atom stereocenters. The van der Waals surface area contributed by atoms with Gasteiger partial charge in [-0.1, -0.05) is 19.8 Å². The molecule has 0 aromatic heterocycles. The zero-order valence-electron chi connectivity index (χ0n) is 11.1. The Bertz CT molecular complexity index is 334. The first-order valence-corrected chi connectivity index (χ1v) is 7.11. The van der Waals surface area contributed by atoms with Gasteiger partial charge in [0.05, 0.1) is 5.92 Å². The smallest absolute Gasteiger partial charge is 0.306 e. The molecule has 2 aliphatic carbocycles. The van der Waals surface area contributed by atoms with Crippen LogP contribution in [0.3, 0.4) is 0 Å². The normalized spacial score (nSPS) is 30.3. The summed E-state index contributed by atoms with van der Waals surface area (Å²) < 4.78 is 0. The van der Waals surface area contributed by atoms with Gasteiger partial charge >= 0.3 is 5.97 Å². The molecule has 18 heavy (non-hydrogen) atoms. The lowest BCUT2D eigenvalue weighted by Gasteiger charge is -2.28. The number of hydrogen-bond acceptors (Lipinski definition) is 2. The van der Waals surface area contributed by atoms with Gasteiger partial charge in [-0.15, -0.1) is 0 Å². The third-order valence-electron chi connectivity index (χ3n) is 4.84. The molecule has 0 aromatic carbocycles. The third-order valence-corrected chi connectivity index (χ3v) is 4.84. The van der Waals surface area contributed by atoms with Crippen molar-refractivity contribution < 1.29 is 14.7 Å². The number of nitrogens with one attached hydrogen (secondary N) is 1. The largest absolute Gasteiger partial charge is 0.481 e. The molecule has 0 spiro atoms. The highest BCUT2D eigenvalue weighted by Crippen LogP contribution is 2.41. The van der Waals surface area contributed by atoms with E-state index in [0.717, 1.165) is 38.5 Å². The zero-order valence-corrected chi connectivity index (χ0v) is 11.1. The third kappa shape index (κ3) is 2.52. The second-order valence-electron chi connectivity index (χ2n) is 5.86. The van der Waals surface area contributed by atoms with Gasteiger partial charge in [-0.2, -0.15) is 0 Å². The van der Waals surface area contributed by atoms with Crippen molar-refractivity contribution in [1.82, 2.24) is 5.32 Å². The molecule has 0 radical (unpaired) electrons. The first kappa shape index (κ1) is 13.4. The monoisotopic (exact) mass is 253 g/mol. The van der Waals surface area contributed by atoms with Crippen LogP contribution < -0.4 is 5.32 Å². The topological polar surface area (TPSA) is 66.4 Å². The summed E-state index contributed by atoms with van der Waals surface area (Å²) in [6.07, 6.45) is 7.26. The summed E-state index contributed by atoms with van der Waals surface area (Å²) in [7, 11) is 0. The molecule has 4 nitrogen and oxygen atoms in total. The fraction of sp³-hybridized carbons (Fsp3) is 0.857. The van der Waals surface area contributed by atoms with Crippen LogP contribution in [-0.2, 0) is 9.59 Å². The lowest BCUT2D eigenvalue weighted by atomic mass is 9.82. The van der Waals surface area contributed by atoms with Crippen molar-refractivity contribution >= 4 is 11.9 Å². The number of hydrogen-bond donors (Lipinski definition) is 2. The van der Waals surface area contributed by atoms with Crippen molar-refractivity contribution in [2.75, 3.05) is 0 Å². The summed E-state index contributed by atoms with van der Waals surface area (Å²) in [5, 5.41) is 12.1. The molecule has 0 aromatic rings. The molecular formula is C14H23NO3. The fourth-order valence-corrected chi connectivity index (χ4v) is 3.47. The van der Waals surface area contributed by atoms with E-state index < -0.39 is 5.97 Å². The van der Waals surface area contributed by atoms with Crippen LogP contribution in [0.4, 0.5) is 0 Å². The second-order valence-corrected chi connectivity index (χ2v) is 5.86. The number of aliphatic carboxylic acids is 1. The van der Waals surface area contributed by atoms with Gasteiger partial charge in [-0.25, -0.2) is 0 Å². The zero-order chi connectivity index (χ0) is 13.2. The quantitative estimate of drug-likeness (QED) is 0.808. The molecule has 0 aliphatic heterocycles. The minimum Gasteiger partial charge on any atom is -0.481 e. The molecule has 1 amide bonds. The van der Waals surface area contributed by atoms with Gasteiger partial charge < -0.3 is 10.4 Å². The number of carboxylic acids is 1. The summed E-state index contributed by atoms with van der Waals surface area (Å²) in [6.45, 7) is 2.08. The van der Waals surface area contributed by atoms with E-state index in [2.05, 4.69) is 12.2 Å². The lowest BCUT2D eigenvalue weighted by Crippen LogP contribution is -2.43. The predicted molar refractivity (Wildman–Crippen MR) is 68.1 cm³/mol. The summed E-state index contributed by atoms with van der Waals surface area (Å²) in [4.78, 5) is 23.3. The van der Waals surface area contributed by atoms with E-state index in [1.165, 1.54) is 0 Å². The molecule has 2 saturated carbocycles. The van der Waals surface area contributed by atoms with E-state index in [9.17, 15) is 9.59 Å². The standard InChI is InChI=1S/C14H23NO3/c1-2-14(7-3-4-8-14)13(18)15-11-6-5-10(9-11)12(16)17/h10-11H,2-9H2,1H3,(H,15,18)(H,16,17)/t10-,11+/m0/s1. The van der Waals surface area contributed by atoms with Crippen LogP contribution in [-0.4, -0.2) is 23.0 Å². The molecule has 2 atom stereocenters. The molecule has 0 saturated heterocycles. The molecule has 2 rings (SSSR count). The van der Waals surface area contributed by atoms with Crippen molar-refractivity contribution in [1.29, 1.82) is 0 Å². The maximum absolute atomic E-state index is 12.4. The molecule has 2 aliphatic rings. The Morgan fingerprint density at radius 1 is 1.28 bits per heavy atom. The predicted octanol–water partition coefficient (Wildman–Crippen LogP) is 2.33. The fourth-order valence-electron chi connectivity index (χ4n) is 3.47. The van der Waals surface area contributed by atoms with Crippen LogP contribution in [0, 0.1) is 11.3 Å². The van der Waals surface area contributed by atoms with Gasteiger partial charge in [0.15, 0.2) is 0 Å². The molecular weight excluding hydrogens is 230 g/mol. The van der Waals surface area contributed by atoms with Crippen LogP contribution in [0.5, 0.6) is 0 Å². The Labute approximate surface area is 108 Å². The van der Waals surface area contributed by atoms with E-state index in [-0.39, 0.29) is 23.3 Å². The SMILES string of the molecule is CCC1(C(=O)N[C@@H]2CC[C@H](C(=O)O)C2)CCCC1. The minimum absolute atomic E-state index is 0.0719. The Morgan fingerprint density at radius 2 is 1.94 bits per heavy atom. The highest BCUT2D eigenvalue weighted by atomic mass is 16.4. The highest BCUT2D eigenvalue weighted by molar-refractivity contribution is 5.83. The lowest BCUT2D eigenvalue weighted by molar-refractivity contribution is -0.141. The maximum Gasteiger partial charge on any atom is 0.306 e. The van der Waals surface area contributed by atoms with Gasteiger partial charge in [-0.3, -0.25) is 9.59 Å². The number of carbonyl (C=O) groups excluding carboxylic acids is 1. The Kier molecular flexibility index (Phi) is 3.93. The molecule has 0 heterocycles. The number of amides is 1. The number of rotatable bonds is 4. The highest BCUT2D eigenvalue weighted by Gasteiger charge is 2.41. The maximum atomic E-state index is 12.4. The van der Waals surface area contributed by atoms with Gasteiger partial charge in [-0.05, 0) is 38.5 Å². The summed E-state index contributed by atoms with van der Waals surface area (Å²) in [5.74, 6) is -0.826. The van der Waals surface area contributed by atoms with Crippen molar-refractivity contribution in [3.05, 3.63) is 0 Å². The van der Waals surface area contributed by atoms with Crippen molar-refractivity contribution in [3.8, 4) is 0 Å². The Balaban J connectivity index is 1.90. The van der Waals surface area contributed by atoms with E-state index in [4.69, 9.17) is 5.11 Å². The summed E-state index contributed by atoms with van der Waals surface area (Å²) in [6, 6.07) is 0.0719. The van der Waals surface area contributed by atoms with Crippen LogP contribution in [0.15, 0.2) is 0 Å². The molecule has 2 N–H and O–H groups in total. The summed E-state index contributed by atoms with van der Waals surface area (Å²) in [5.41, 5.74) is -0.165. The van der Waals surface area contributed by atoms with Crippen LogP contribution in [0.2, 0.25) is 0 Å². The van der Waals surface area contributed by atoms with Crippen LogP contribution >= 0.6 is 0 Å². The molecule has 0 bridgehead atoms. The average Bonchev–Trinajstić information content (AvgIpc) is 2.97. The average molecular weight is 253 g/mol. The van der Waals surface area contributed by atoms with Gasteiger partial charge in [0.1, 0.15) is 0 Å². The Hall–Kier alpha value is -1.06. The molecule has 102 valence electrons. The van der Waals surface area contributed by atoms with E-state index in [1.807, 2.05) is 0 Å². The number of carboxylic acid groups (broad SMARTS) is 1. The van der Waals surface area contributed by atoms with Crippen molar-refractivity contribution in [2.45, 2.75) is 64.3 Å². The molecule has 4 heteroatoms. The Morgan fingerprint density at radius 3 is 2.44 bits per heavy atom. The minimum atomic E-state index is -0.724. The summed E-state index contributed by atoms with van der Waals surface area (Å²) >= 11 is 0. The van der Waals surface area contributed by atoms with Gasteiger partial charge in [0, 0.05) is 11.5 Å². The second kappa shape index (κ2) is 5.29. The van der Waals surface area contributed by atoms with Gasteiger partial charge in [0.25, 0.3) is 0 Å². The van der Waals surface area contributed by atoms with Crippen LogP contribution in [0.1, 0.15) is 58.3 Å². The van der Waals surface area contributed by atoms with Gasteiger partial charge in [0.2, 0.25) is 5.91 Å². The van der Waals surface area contributed by atoms with Crippen LogP contribution in [0.25, 0.3) is 0 Å². The van der Waals surface area contributed by atoms with E-state index in [1.54, 1.807) is 0 Å². The van der Waals surface area contributed by atoms with E-state index in [0.29, 0.717) is 12.8 Å². The first-order valence-electron chi connectivity index (χ1n) is 7.11. The van der Waals surface area contributed by atoms with Crippen molar-refractivity contribution in [3.63, 3.8) is 0 Å². The molecule has 2 fully saturated rings. The first-order chi connectivity index (χ1) is 8.57. The number of carbonyl (C=O) groups is 2. The van der Waals surface area contributed by atoms with Crippen molar-refractivity contribution in [2.24, 2.45) is 11.3 Å². The van der Waals surface area contributed by atoms with E-state index >= 15 is 0 Å².